The Balaban J connectivity index is 1.07. The summed E-state index contributed by atoms with van der Waals surface area (Å²) >= 11 is 3.45. The number of aromatic amines is 1. The number of H-pyrrole nitrogens is 1. The van der Waals surface area contributed by atoms with Crippen molar-refractivity contribution in [3.05, 3.63) is 58.5 Å². The number of fused-ring (bicyclic) bond motifs is 1. The first-order valence-electron chi connectivity index (χ1n) is 10.5. The monoisotopic (exact) mass is 493 g/mol. The third-order valence-corrected chi connectivity index (χ3v) is 6.67. The quantitative estimate of drug-likeness (QED) is 0.399. The molecule has 2 aliphatic rings. The fraction of sp³-hybridized carbons (Fsp3) is 0.333. The molecule has 162 valence electrons. The first kappa shape index (κ1) is 19.4. The Bertz CT molecular complexity index is 1200. The van der Waals surface area contributed by atoms with Gasteiger partial charge in [-0.3, -0.25) is 0 Å². The molecular weight excluding hydrogens is 474 g/mol. The van der Waals surface area contributed by atoms with Crippen LogP contribution in [-0.4, -0.2) is 55.2 Å². The van der Waals surface area contributed by atoms with Crippen molar-refractivity contribution in [2.45, 2.75) is 12.3 Å². The summed E-state index contributed by atoms with van der Waals surface area (Å²) in [7, 11) is 0. The van der Waals surface area contributed by atoms with E-state index in [4.69, 9.17) is 4.42 Å². The smallest absolute Gasteiger partial charge is 0.318 e. The molecule has 0 amide bonds. The van der Waals surface area contributed by atoms with Crippen molar-refractivity contribution in [2.75, 3.05) is 29.9 Å². The zero-order chi connectivity index (χ0) is 21.5. The van der Waals surface area contributed by atoms with Gasteiger partial charge in [-0.15, -0.1) is 5.10 Å². The minimum Gasteiger partial charge on any atom is -0.402 e. The SMILES string of the molecule is Brc1ccc(CCNc2nccc(-c3nnc(N4CC5C(C4)C5c4cn[nH]n4)o3)n2)cc1. The summed E-state index contributed by atoms with van der Waals surface area (Å²) in [4.78, 5) is 11.0. The molecule has 2 fully saturated rings. The van der Waals surface area contributed by atoms with E-state index >= 15 is 0 Å². The third-order valence-electron chi connectivity index (χ3n) is 6.14. The fourth-order valence-electron chi connectivity index (χ4n) is 4.47. The summed E-state index contributed by atoms with van der Waals surface area (Å²) in [6, 6.07) is 10.6. The molecule has 4 aromatic rings. The molecule has 2 atom stereocenters. The normalized spacial score (nSPS) is 21.5. The van der Waals surface area contributed by atoms with Crippen LogP contribution in [0.25, 0.3) is 11.6 Å². The number of hydrogen-bond donors (Lipinski definition) is 2. The number of rotatable bonds is 7. The van der Waals surface area contributed by atoms with Gasteiger partial charge < -0.3 is 14.6 Å². The lowest BCUT2D eigenvalue weighted by Crippen LogP contribution is -2.23. The zero-order valence-corrected chi connectivity index (χ0v) is 18.6. The van der Waals surface area contributed by atoms with Crippen LogP contribution in [0.3, 0.4) is 0 Å². The fourth-order valence-corrected chi connectivity index (χ4v) is 4.74. The molecule has 32 heavy (non-hydrogen) atoms. The zero-order valence-electron chi connectivity index (χ0n) is 17.0. The van der Waals surface area contributed by atoms with Gasteiger partial charge in [0.1, 0.15) is 5.69 Å². The highest BCUT2D eigenvalue weighted by Gasteiger charge is 2.58. The molecule has 10 nitrogen and oxygen atoms in total. The molecule has 6 rings (SSSR count). The molecule has 0 radical (unpaired) electrons. The van der Waals surface area contributed by atoms with Gasteiger partial charge in [-0.25, -0.2) is 9.97 Å². The van der Waals surface area contributed by atoms with Gasteiger partial charge in [-0.1, -0.05) is 33.2 Å². The van der Waals surface area contributed by atoms with Crippen molar-refractivity contribution < 1.29 is 4.42 Å². The van der Waals surface area contributed by atoms with E-state index < -0.39 is 0 Å². The Morgan fingerprint density at radius 2 is 1.97 bits per heavy atom. The van der Waals surface area contributed by atoms with Crippen LogP contribution in [0, 0.1) is 11.8 Å². The van der Waals surface area contributed by atoms with Gasteiger partial charge in [-0.2, -0.15) is 15.4 Å². The molecule has 0 spiro atoms. The van der Waals surface area contributed by atoms with E-state index in [0.717, 1.165) is 36.2 Å². The average Bonchev–Trinajstić information content (AvgIpc) is 3.35. The number of hydrogen-bond acceptors (Lipinski definition) is 9. The second-order valence-electron chi connectivity index (χ2n) is 8.11. The van der Waals surface area contributed by atoms with Crippen LogP contribution < -0.4 is 10.2 Å². The lowest BCUT2D eigenvalue weighted by Gasteiger charge is -2.15. The van der Waals surface area contributed by atoms with Crippen molar-refractivity contribution in [1.29, 1.82) is 0 Å². The minimum absolute atomic E-state index is 0.395. The van der Waals surface area contributed by atoms with Gasteiger partial charge in [0, 0.05) is 36.2 Å². The van der Waals surface area contributed by atoms with Crippen molar-refractivity contribution in [2.24, 2.45) is 11.8 Å². The highest BCUT2D eigenvalue weighted by molar-refractivity contribution is 9.10. The number of anilines is 2. The van der Waals surface area contributed by atoms with Gasteiger partial charge in [-0.05, 0) is 42.0 Å². The summed E-state index contributed by atoms with van der Waals surface area (Å²) in [5.41, 5.74) is 2.90. The number of aromatic nitrogens is 7. The van der Waals surface area contributed by atoms with Crippen molar-refractivity contribution >= 4 is 27.9 Å². The molecule has 1 saturated carbocycles. The van der Waals surface area contributed by atoms with Crippen LogP contribution >= 0.6 is 15.9 Å². The Morgan fingerprint density at radius 3 is 2.75 bits per heavy atom. The molecular formula is C21H20BrN9O. The minimum atomic E-state index is 0.395. The van der Waals surface area contributed by atoms with Gasteiger partial charge in [0.15, 0.2) is 0 Å². The highest BCUT2D eigenvalue weighted by Crippen LogP contribution is 2.58. The summed E-state index contributed by atoms with van der Waals surface area (Å²) in [6.45, 7) is 2.50. The number of piperidine rings is 1. The molecule has 2 N–H and O–H groups in total. The van der Waals surface area contributed by atoms with E-state index in [1.165, 1.54) is 5.56 Å². The predicted octanol–water partition coefficient (Wildman–Crippen LogP) is 2.91. The van der Waals surface area contributed by atoms with E-state index in [9.17, 15) is 0 Å². The van der Waals surface area contributed by atoms with Crippen LogP contribution in [0.1, 0.15) is 17.2 Å². The van der Waals surface area contributed by atoms with Gasteiger partial charge in [0.25, 0.3) is 5.89 Å². The average molecular weight is 494 g/mol. The van der Waals surface area contributed by atoms with Crippen LogP contribution in [0.4, 0.5) is 12.0 Å². The second-order valence-corrected chi connectivity index (χ2v) is 9.03. The Labute approximate surface area is 192 Å². The lowest BCUT2D eigenvalue weighted by molar-refractivity contribution is 0.542. The maximum Gasteiger partial charge on any atom is 0.318 e. The van der Waals surface area contributed by atoms with E-state index in [-0.39, 0.29) is 0 Å². The maximum absolute atomic E-state index is 5.94. The van der Waals surface area contributed by atoms with Crippen molar-refractivity contribution in [3.8, 4) is 11.6 Å². The summed E-state index contributed by atoms with van der Waals surface area (Å²) in [5, 5.41) is 22.6. The Hall–Kier alpha value is -3.34. The summed E-state index contributed by atoms with van der Waals surface area (Å²) < 4.78 is 7.01. The molecule has 11 heteroatoms. The van der Waals surface area contributed by atoms with Crippen LogP contribution in [0.2, 0.25) is 0 Å². The van der Waals surface area contributed by atoms with Crippen LogP contribution in [0.15, 0.2) is 51.6 Å². The van der Waals surface area contributed by atoms with Gasteiger partial charge >= 0.3 is 6.01 Å². The molecule has 1 aromatic carbocycles. The number of halogens is 1. The highest BCUT2D eigenvalue weighted by atomic mass is 79.9. The molecule has 1 aliphatic carbocycles. The van der Waals surface area contributed by atoms with Crippen molar-refractivity contribution in [1.82, 2.24) is 35.6 Å². The number of nitrogens with zero attached hydrogens (tertiary/aromatic N) is 7. The first-order chi connectivity index (χ1) is 15.7. The largest absolute Gasteiger partial charge is 0.402 e. The molecule has 1 saturated heterocycles. The third kappa shape index (κ3) is 3.72. The van der Waals surface area contributed by atoms with Crippen LogP contribution in [-0.2, 0) is 6.42 Å². The molecule has 1 aliphatic heterocycles. The first-order valence-corrected chi connectivity index (χ1v) is 11.3. The predicted molar refractivity (Wildman–Crippen MR) is 120 cm³/mol. The number of nitrogens with one attached hydrogen (secondary N) is 2. The number of benzene rings is 1. The van der Waals surface area contributed by atoms with Crippen LogP contribution in [0.5, 0.6) is 0 Å². The van der Waals surface area contributed by atoms with E-state index in [1.54, 1.807) is 12.3 Å². The van der Waals surface area contributed by atoms with E-state index in [0.29, 0.717) is 41.3 Å². The van der Waals surface area contributed by atoms with E-state index in [2.05, 4.69) is 73.9 Å². The molecule has 4 heterocycles. The summed E-state index contributed by atoms with van der Waals surface area (Å²) in [6.07, 6.45) is 4.39. The molecule has 2 unspecified atom stereocenters. The maximum atomic E-state index is 5.94. The Kier molecular flexibility index (Phi) is 4.82. The second kappa shape index (κ2) is 7.97. The Morgan fingerprint density at radius 1 is 1.12 bits per heavy atom. The molecule has 0 bridgehead atoms. The topological polar surface area (TPSA) is 122 Å². The standard InChI is InChI=1S/C21H20BrN9O/c22-13-3-1-12(2-4-13)5-7-23-20-24-8-6-16(26-20)19-28-29-21(32-19)31-10-14-15(11-31)18(14)17-9-25-30-27-17/h1-4,6,8-9,14-15,18H,5,7,10-11H2,(H,23,24,26)(H,25,27,30). The van der Waals surface area contributed by atoms with Gasteiger partial charge in [0.05, 0.1) is 11.9 Å². The van der Waals surface area contributed by atoms with Crippen molar-refractivity contribution in [3.63, 3.8) is 0 Å². The lowest BCUT2D eigenvalue weighted by atomic mass is 10.1. The summed E-state index contributed by atoms with van der Waals surface area (Å²) in [5.74, 6) is 2.55. The van der Waals surface area contributed by atoms with E-state index in [1.807, 2.05) is 18.3 Å². The van der Waals surface area contributed by atoms with Gasteiger partial charge in [0.2, 0.25) is 5.95 Å². The molecule has 3 aromatic heterocycles.